The number of anilines is 2. The van der Waals surface area contributed by atoms with E-state index in [1.807, 2.05) is 11.9 Å². The highest BCUT2D eigenvalue weighted by Crippen LogP contribution is 2.33. The number of halogens is 3. The Balaban J connectivity index is 1.59. The first kappa shape index (κ1) is 26.5. The maximum Gasteiger partial charge on any atom is 0.290 e. The first-order valence-corrected chi connectivity index (χ1v) is 12.4. The number of ether oxygens (including phenoxy) is 1. The molecule has 0 aliphatic carbocycles. The molecular weight excluding hydrogens is 505 g/mol. The van der Waals surface area contributed by atoms with Gasteiger partial charge in [-0.2, -0.15) is 8.78 Å². The van der Waals surface area contributed by atoms with Crippen molar-refractivity contribution in [1.29, 1.82) is 0 Å². The molecule has 1 aliphatic rings. The van der Waals surface area contributed by atoms with Gasteiger partial charge in [-0.3, -0.25) is 4.79 Å². The van der Waals surface area contributed by atoms with Gasteiger partial charge in [0.1, 0.15) is 16.9 Å². The molecule has 8 nitrogen and oxygen atoms in total. The van der Waals surface area contributed by atoms with Crippen LogP contribution in [0.25, 0.3) is 5.52 Å². The Morgan fingerprint density at radius 1 is 1.32 bits per heavy atom. The highest BCUT2D eigenvalue weighted by molar-refractivity contribution is 7.99. The van der Waals surface area contributed by atoms with Crippen LogP contribution in [0.5, 0.6) is 5.75 Å². The Hall–Kier alpha value is -3.56. The van der Waals surface area contributed by atoms with Crippen LogP contribution in [0.15, 0.2) is 41.7 Å². The summed E-state index contributed by atoms with van der Waals surface area (Å²) in [6, 6.07) is 6.18. The lowest BCUT2D eigenvalue weighted by Gasteiger charge is -2.16. The van der Waals surface area contributed by atoms with E-state index in [9.17, 15) is 18.0 Å². The molecule has 37 heavy (non-hydrogen) atoms. The van der Waals surface area contributed by atoms with Crippen molar-refractivity contribution >= 4 is 34.7 Å². The fraction of sp³-hybridized carbons (Fsp3) is 0.360. The van der Waals surface area contributed by atoms with Crippen molar-refractivity contribution < 1.29 is 22.7 Å². The molecule has 3 heterocycles. The fourth-order valence-electron chi connectivity index (χ4n) is 4.16. The summed E-state index contributed by atoms with van der Waals surface area (Å²) < 4.78 is 48.1. The number of nitrogens with zero attached hydrogens (tertiary/aromatic N) is 3. The average Bonchev–Trinajstić information content (AvgIpc) is 3.39. The first-order valence-electron chi connectivity index (χ1n) is 11.5. The second-order valence-electron chi connectivity index (χ2n) is 8.41. The van der Waals surface area contributed by atoms with Crippen LogP contribution in [-0.4, -0.2) is 79.0 Å². The van der Waals surface area contributed by atoms with E-state index in [0.717, 1.165) is 0 Å². The van der Waals surface area contributed by atoms with E-state index in [4.69, 9.17) is 4.74 Å². The number of carbonyl (C=O) groups excluding carboxylic acids is 1. The summed E-state index contributed by atoms with van der Waals surface area (Å²) in [6.45, 7) is 0.987. The Kier molecular flexibility index (Phi) is 8.35. The topological polar surface area (TPSA) is 82.9 Å². The second-order valence-corrected chi connectivity index (χ2v) is 9.39. The van der Waals surface area contributed by atoms with Gasteiger partial charge in [0.05, 0.1) is 36.5 Å². The van der Waals surface area contributed by atoms with Crippen molar-refractivity contribution in [3.8, 4) is 17.6 Å². The van der Waals surface area contributed by atoms with Crippen LogP contribution < -0.4 is 20.7 Å². The minimum atomic E-state index is -2.66. The van der Waals surface area contributed by atoms with Crippen LogP contribution in [0.1, 0.15) is 15.9 Å². The van der Waals surface area contributed by atoms with Gasteiger partial charge in [0.25, 0.3) is 11.7 Å². The number of nitrogens with one attached hydrogen (secondary N) is 3. The Morgan fingerprint density at radius 3 is 2.81 bits per heavy atom. The second kappa shape index (κ2) is 11.7. The molecule has 2 atom stereocenters. The number of methoxy groups -OCH3 is 1. The summed E-state index contributed by atoms with van der Waals surface area (Å²) in [5.74, 6) is 3.94. The third kappa shape index (κ3) is 6.06. The number of carbonyl (C=O) groups is 1. The van der Waals surface area contributed by atoms with Gasteiger partial charge in [-0.1, -0.05) is 11.8 Å². The number of hydrogen-bond acceptors (Lipinski definition) is 7. The van der Waals surface area contributed by atoms with Gasteiger partial charge >= 0.3 is 0 Å². The zero-order valence-electron chi connectivity index (χ0n) is 20.5. The van der Waals surface area contributed by atoms with Crippen molar-refractivity contribution in [2.75, 3.05) is 51.5 Å². The molecule has 0 radical (unpaired) electrons. The molecule has 0 unspecified atom stereocenters. The molecule has 1 saturated heterocycles. The molecule has 0 saturated carbocycles. The Morgan fingerprint density at radius 2 is 2.14 bits per heavy atom. The molecule has 1 aromatic carbocycles. The molecule has 3 aromatic rings. The van der Waals surface area contributed by atoms with E-state index in [2.05, 4.69) is 32.8 Å². The smallest absolute Gasteiger partial charge is 0.290 e. The van der Waals surface area contributed by atoms with Crippen molar-refractivity contribution in [3.63, 3.8) is 0 Å². The van der Waals surface area contributed by atoms with Gasteiger partial charge < -0.3 is 30.0 Å². The number of alkyl halides is 3. The largest absolute Gasteiger partial charge is 0.495 e. The quantitative estimate of drug-likeness (QED) is 0.302. The minimum Gasteiger partial charge on any atom is -0.495 e. The SMILES string of the molecule is CNC(=O)c1ccc(OC)c(NCC#Cc2cc3c(N[C@@H]4CN(C)C[C@@H]4F)nccn3c2SC(F)F)c1. The van der Waals surface area contributed by atoms with E-state index in [1.165, 1.54) is 13.3 Å². The highest BCUT2D eigenvalue weighted by Gasteiger charge is 2.31. The van der Waals surface area contributed by atoms with E-state index < -0.39 is 18.0 Å². The van der Waals surface area contributed by atoms with Crippen LogP contribution in [0.2, 0.25) is 0 Å². The molecule has 1 aliphatic heterocycles. The lowest BCUT2D eigenvalue weighted by atomic mass is 10.1. The zero-order chi connectivity index (χ0) is 26.5. The van der Waals surface area contributed by atoms with Crippen LogP contribution in [0.4, 0.5) is 24.7 Å². The van der Waals surface area contributed by atoms with Crippen LogP contribution >= 0.6 is 11.8 Å². The van der Waals surface area contributed by atoms with E-state index in [-0.39, 0.29) is 17.5 Å². The molecule has 0 spiro atoms. The third-order valence-electron chi connectivity index (χ3n) is 5.88. The number of thioether (sulfide) groups is 1. The van der Waals surface area contributed by atoms with E-state index in [0.29, 0.717) is 58.7 Å². The lowest BCUT2D eigenvalue weighted by Crippen LogP contribution is -2.30. The molecule has 0 bridgehead atoms. The van der Waals surface area contributed by atoms with Crippen LogP contribution in [0, 0.1) is 11.8 Å². The number of likely N-dealkylation sites (N-methyl/N-ethyl adjacent to an activating group) is 1. The summed E-state index contributed by atoms with van der Waals surface area (Å²) in [5.41, 5.74) is 1.95. The summed E-state index contributed by atoms with van der Waals surface area (Å²) >= 11 is 0.386. The van der Waals surface area contributed by atoms with Gasteiger partial charge in [-0.15, -0.1) is 0 Å². The maximum absolute atomic E-state index is 14.4. The van der Waals surface area contributed by atoms with Crippen molar-refractivity contribution in [3.05, 3.63) is 47.8 Å². The van der Waals surface area contributed by atoms with Crippen molar-refractivity contribution in [1.82, 2.24) is 19.6 Å². The molecular formula is C25H27F3N6O2S. The monoisotopic (exact) mass is 532 g/mol. The predicted octanol–water partition coefficient (Wildman–Crippen LogP) is 3.54. The highest BCUT2D eigenvalue weighted by atomic mass is 32.2. The lowest BCUT2D eigenvalue weighted by molar-refractivity contribution is 0.0963. The number of rotatable bonds is 8. The average molecular weight is 533 g/mol. The fourth-order valence-corrected chi connectivity index (χ4v) is 4.83. The third-order valence-corrected chi connectivity index (χ3v) is 6.70. The molecule has 1 amide bonds. The van der Waals surface area contributed by atoms with Gasteiger partial charge in [0, 0.05) is 38.1 Å². The van der Waals surface area contributed by atoms with Gasteiger partial charge in [0.15, 0.2) is 5.82 Å². The number of aromatic nitrogens is 2. The predicted molar refractivity (Wildman–Crippen MR) is 139 cm³/mol. The summed E-state index contributed by atoms with van der Waals surface area (Å²) in [7, 11) is 4.89. The van der Waals surface area contributed by atoms with E-state index in [1.54, 1.807) is 41.9 Å². The summed E-state index contributed by atoms with van der Waals surface area (Å²) in [6.07, 6.45) is 2.00. The Bertz CT molecular complexity index is 1340. The Labute approximate surface area is 217 Å². The number of benzene rings is 1. The summed E-state index contributed by atoms with van der Waals surface area (Å²) in [5, 5.41) is 9.06. The van der Waals surface area contributed by atoms with Crippen LogP contribution in [0.3, 0.4) is 0 Å². The van der Waals surface area contributed by atoms with Crippen LogP contribution in [-0.2, 0) is 0 Å². The standard InChI is InChI=1S/C25H27F3N6O2S/c1-29-23(35)15-6-7-21(36-3)18(11-15)30-8-4-5-16-12-20-22(32-19-14-33(2)13-17(19)26)31-9-10-34(20)24(16)37-25(27)28/h6-7,9-12,17,19,25,30H,8,13-14H2,1-3H3,(H,29,35)(H,31,32)/t17-,19+/m0/s1. The molecule has 1 fully saturated rings. The molecule has 196 valence electrons. The van der Waals surface area contributed by atoms with Gasteiger partial charge in [0.2, 0.25) is 0 Å². The molecule has 3 N–H and O–H groups in total. The number of likely N-dealkylation sites (tertiary alicyclic amines) is 1. The number of fused-ring (bicyclic) bond motifs is 1. The zero-order valence-corrected chi connectivity index (χ0v) is 21.3. The molecule has 4 rings (SSSR count). The summed E-state index contributed by atoms with van der Waals surface area (Å²) in [4.78, 5) is 18.2. The normalized spacial score (nSPS) is 17.5. The molecule has 12 heteroatoms. The maximum atomic E-state index is 14.4. The van der Waals surface area contributed by atoms with Crippen molar-refractivity contribution in [2.45, 2.75) is 23.0 Å². The number of hydrogen-bond donors (Lipinski definition) is 3. The molecule has 2 aromatic heterocycles. The number of amides is 1. The minimum absolute atomic E-state index is 0.166. The van der Waals surface area contributed by atoms with E-state index >= 15 is 0 Å². The van der Waals surface area contributed by atoms with Crippen molar-refractivity contribution in [2.24, 2.45) is 0 Å². The van der Waals surface area contributed by atoms with Gasteiger partial charge in [-0.25, -0.2) is 9.37 Å². The van der Waals surface area contributed by atoms with Gasteiger partial charge in [-0.05, 0) is 43.1 Å². The first-order chi connectivity index (χ1) is 17.8.